The minimum absolute atomic E-state index is 0.0196. The van der Waals surface area contributed by atoms with Gasteiger partial charge in [-0.15, -0.1) is 0 Å². The van der Waals surface area contributed by atoms with Crippen molar-refractivity contribution in [2.75, 3.05) is 7.11 Å². The molecule has 0 bridgehead atoms. The molecule has 1 aliphatic heterocycles. The highest BCUT2D eigenvalue weighted by Gasteiger charge is 2.70. The quantitative estimate of drug-likeness (QED) is 0.258. The van der Waals surface area contributed by atoms with Gasteiger partial charge < -0.3 is 18.3 Å². The summed E-state index contributed by atoms with van der Waals surface area (Å²) in [6, 6.07) is 3.62. The topological polar surface area (TPSA) is 36.9 Å². The molecule has 2 saturated carbocycles. The Hall–Kier alpha value is -0.566. The van der Waals surface area contributed by atoms with Crippen LogP contribution < -0.4 is 0 Å². The van der Waals surface area contributed by atoms with Crippen molar-refractivity contribution in [3.8, 4) is 0 Å². The number of allylic oxidation sites excluding steroid dienone is 2. The van der Waals surface area contributed by atoms with Crippen molar-refractivity contribution in [1.29, 1.82) is 0 Å². The SMILES string of the molecule is CC[Si](CC)(CC)O[C@@H]1C[C@H](C)C[C@@H]2[C@@H]1C[C@H](O[Si](C)(C)C(C)(C)C)[C@H]1[C@@]2(C)C=C(OC)[C@@]2(C)[C@@H](C)OC=C[C@@]12C. The average Bonchev–Trinajstić information content (AvgIpc) is 2.88. The maximum absolute atomic E-state index is 7.62. The second-order valence-corrected chi connectivity index (χ2v) is 26.0. The Bertz CT molecular complexity index is 1000. The Labute approximate surface area is 255 Å². The first-order valence-corrected chi connectivity index (χ1v) is 22.3. The Morgan fingerprint density at radius 3 is 2.07 bits per heavy atom. The minimum Gasteiger partial charge on any atom is -0.501 e. The van der Waals surface area contributed by atoms with E-state index in [1.807, 2.05) is 13.4 Å². The molecule has 4 rings (SSSR count). The van der Waals surface area contributed by atoms with E-state index in [2.05, 4.69) is 101 Å². The minimum atomic E-state index is -2.06. The summed E-state index contributed by atoms with van der Waals surface area (Å²) >= 11 is 0. The van der Waals surface area contributed by atoms with Crippen molar-refractivity contribution in [3.63, 3.8) is 0 Å². The number of methoxy groups -OCH3 is 1. The molecule has 3 aliphatic carbocycles. The summed E-state index contributed by atoms with van der Waals surface area (Å²) in [7, 11) is -1.95. The monoisotopic (exact) mass is 604 g/mol. The third-order valence-corrected chi connectivity index (χ3v) is 22.8. The molecule has 1 heterocycles. The molecule has 0 unspecified atom stereocenters. The summed E-state index contributed by atoms with van der Waals surface area (Å²) in [5.74, 6) is 3.11. The van der Waals surface area contributed by atoms with E-state index in [1.165, 1.54) is 31.0 Å². The molecule has 0 saturated heterocycles. The van der Waals surface area contributed by atoms with Gasteiger partial charge in [0, 0.05) is 23.5 Å². The van der Waals surface area contributed by atoms with Crippen molar-refractivity contribution in [1.82, 2.24) is 0 Å². The fourth-order valence-corrected chi connectivity index (χ4v) is 13.9. The third kappa shape index (κ3) is 5.07. The van der Waals surface area contributed by atoms with Crippen LogP contribution in [0.2, 0.25) is 36.3 Å². The molecule has 6 heteroatoms. The van der Waals surface area contributed by atoms with Crippen LogP contribution in [-0.4, -0.2) is 42.1 Å². The summed E-state index contributed by atoms with van der Waals surface area (Å²) < 4.78 is 27.7. The maximum atomic E-state index is 7.62. The van der Waals surface area contributed by atoms with E-state index in [0.29, 0.717) is 29.8 Å². The van der Waals surface area contributed by atoms with Crippen LogP contribution in [0.4, 0.5) is 0 Å². The Kier molecular flexibility index (Phi) is 9.03. The molecular formula is C35H64O4Si2. The predicted octanol–water partition coefficient (Wildman–Crippen LogP) is 9.94. The number of fused-ring (bicyclic) bond motifs is 5. The zero-order valence-electron chi connectivity index (χ0n) is 29.1. The number of hydrogen-bond donors (Lipinski definition) is 0. The maximum Gasteiger partial charge on any atom is 0.192 e. The lowest BCUT2D eigenvalue weighted by Crippen LogP contribution is -2.68. The lowest BCUT2D eigenvalue weighted by atomic mass is 9.39. The first-order valence-electron chi connectivity index (χ1n) is 16.9. The van der Waals surface area contributed by atoms with Gasteiger partial charge in [0.05, 0.1) is 18.8 Å². The first-order chi connectivity index (χ1) is 18.9. The van der Waals surface area contributed by atoms with E-state index in [4.69, 9.17) is 18.3 Å². The molecule has 0 spiro atoms. The fraction of sp³-hybridized carbons (Fsp3) is 0.886. The zero-order chi connectivity index (χ0) is 30.8. The van der Waals surface area contributed by atoms with Crippen LogP contribution in [0.3, 0.4) is 0 Å². The molecule has 0 aromatic rings. The Morgan fingerprint density at radius 1 is 0.927 bits per heavy atom. The van der Waals surface area contributed by atoms with Gasteiger partial charge in [-0.25, -0.2) is 0 Å². The summed E-state index contributed by atoms with van der Waals surface area (Å²) in [6.45, 7) is 31.3. The smallest absolute Gasteiger partial charge is 0.192 e. The molecule has 10 atom stereocenters. The molecule has 0 aromatic carbocycles. The summed E-state index contributed by atoms with van der Waals surface area (Å²) in [4.78, 5) is 0. The lowest BCUT2D eigenvalue weighted by molar-refractivity contribution is -0.199. The highest BCUT2D eigenvalue weighted by molar-refractivity contribution is 6.74. The first kappa shape index (κ1) is 33.3. The van der Waals surface area contributed by atoms with Gasteiger partial charge >= 0.3 is 0 Å². The van der Waals surface area contributed by atoms with Crippen molar-refractivity contribution in [2.45, 2.75) is 150 Å². The van der Waals surface area contributed by atoms with E-state index < -0.39 is 16.6 Å². The van der Waals surface area contributed by atoms with E-state index in [-0.39, 0.29) is 33.5 Å². The molecule has 0 aromatic heterocycles. The van der Waals surface area contributed by atoms with Gasteiger partial charge in [0.15, 0.2) is 16.6 Å². The van der Waals surface area contributed by atoms with Crippen molar-refractivity contribution in [2.24, 2.45) is 39.9 Å². The average molecular weight is 605 g/mol. The summed E-state index contributed by atoms with van der Waals surface area (Å²) in [6.07, 6.45) is 11.0. The molecule has 2 fully saturated rings. The second-order valence-electron chi connectivity index (χ2n) is 16.5. The van der Waals surface area contributed by atoms with E-state index in [9.17, 15) is 0 Å². The van der Waals surface area contributed by atoms with Crippen molar-refractivity contribution in [3.05, 3.63) is 24.2 Å². The fourth-order valence-electron chi connectivity index (χ4n) is 9.60. The third-order valence-electron chi connectivity index (χ3n) is 13.7. The summed E-state index contributed by atoms with van der Waals surface area (Å²) in [5.41, 5.74) is -0.501. The second kappa shape index (κ2) is 11.1. The molecule has 236 valence electrons. The standard InChI is InChI=1S/C35H64O4Si2/c1-15-41(16-2,17-3)39-28-21-24(4)20-27-26(28)22-29(38-40(13,14)32(6,7)8)31-33(27,9)23-30(36-12)35(11)25(5)37-19-18-34(31,35)10/h18-19,23-29,31H,15-17,20-22H2,1-14H3/t24-,25-,26+,27-,28-,29+,31+,33+,34+,35-/m1/s1. The molecule has 0 amide bonds. The van der Waals surface area contributed by atoms with Gasteiger partial charge in [0.2, 0.25) is 0 Å². The molecular weight excluding hydrogens is 541 g/mol. The zero-order valence-corrected chi connectivity index (χ0v) is 31.1. The van der Waals surface area contributed by atoms with Crippen LogP contribution in [0.1, 0.15) is 95.4 Å². The van der Waals surface area contributed by atoms with Crippen molar-refractivity contribution >= 4 is 16.6 Å². The molecule has 41 heavy (non-hydrogen) atoms. The van der Waals surface area contributed by atoms with Crippen LogP contribution in [0.5, 0.6) is 0 Å². The van der Waals surface area contributed by atoms with Crippen molar-refractivity contribution < 1.29 is 18.3 Å². The Morgan fingerprint density at radius 2 is 1.54 bits per heavy atom. The van der Waals surface area contributed by atoms with E-state index in [1.54, 1.807) is 0 Å². The van der Waals surface area contributed by atoms with Crippen LogP contribution in [-0.2, 0) is 18.3 Å². The van der Waals surface area contributed by atoms with Crippen LogP contribution in [0.25, 0.3) is 0 Å². The molecule has 0 N–H and O–H groups in total. The van der Waals surface area contributed by atoms with Crippen LogP contribution in [0, 0.1) is 39.9 Å². The normalized spacial score (nSPS) is 42.9. The van der Waals surface area contributed by atoms with Gasteiger partial charge in [-0.3, -0.25) is 0 Å². The lowest BCUT2D eigenvalue weighted by Gasteiger charge is -2.68. The highest BCUT2D eigenvalue weighted by atomic mass is 28.4. The molecule has 0 radical (unpaired) electrons. The van der Waals surface area contributed by atoms with Gasteiger partial charge in [-0.05, 0) is 105 Å². The molecule has 4 aliphatic rings. The number of ether oxygens (including phenoxy) is 2. The number of hydrogen-bond acceptors (Lipinski definition) is 4. The summed E-state index contributed by atoms with van der Waals surface area (Å²) in [5, 5.41) is 0.150. The highest BCUT2D eigenvalue weighted by Crippen LogP contribution is 2.71. The number of rotatable bonds is 8. The van der Waals surface area contributed by atoms with E-state index >= 15 is 0 Å². The van der Waals surface area contributed by atoms with Crippen LogP contribution in [0.15, 0.2) is 24.2 Å². The largest absolute Gasteiger partial charge is 0.501 e. The van der Waals surface area contributed by atoms with Gasteiger partial charge in [0.1, 0.15) is 11.9 Å². The van der Waals surface area contributed by atoms with Gasteiger partial charge in [-0.1, -0.05) is 62.3 Å². The van der Waals surface area contributed by atoms with Gasteiger partial charge in [0.25, 0.3) is 0 Å². The van der Waals surface area contributed by atoms with E-state index in [0.717, 1.165) is 12.2 Å². The van der Waals surface area contributed by atoms with Gasteiger partial charge in [-0.2, -0.15) is 0 Å². The Balaban J connectivity index is 1.93. The van der Waals surface area contributed by atoms with Crippen LogP contribution >= 0.6 is 0 Å². The predicted molar refractivity (Wildman–Crippen MR) is 177 cm³/mol. The molecule has 4 nitrogen and oxygen atoms in total.